The van der Waals surface area contributed by atoms with Crippen LogP contribution in [0.5, 0.6) is 11.5 Å². The summed E-state index contributed by atoms with van der Waals surface area (Å²) in [7, 11) is 1.69. The van der Waals surface area contributed by atoms with Gasteiger partial charge in [0.05, 0.1) is 11.8 Å². The molecule has 0 atom stereocenters. The molecule has 2 heterocycles. The molecule has 240 valence electrons. The summed E-state index contributed by atoms with van der Waals surface area (Å²) >= 11 is 0. The van der Waals surface area contributed by atoms with Crippen molar-refractivity contribution in [2.45, 2.75) is 96.9 Å². The SMILES string of the molecule is CC(C)N(C)C(=O)c1cc(F)ccc1Oc1cncnc1N1CC2(CC(NCC3CCC(NC(=O)OC(C)(C)C)CC3)C2)C1. The summed E-state index contributed by atoms with van der Waals surface area (Å²) in [6.07, 6.45) is 9.20. The highest BCUT2D eigenvalue weighted by molar-refractivity contribution is 5.97. The molecule has 1 aromatic carbocycles. The van der Waals surface area contributed by atoms with Gasteiger partial charge in [-0.1, -0.05) is 0 Å². The van der Waals surface area contributed by atoms with Crippen molar-refractivity contribution in [3.05, 3.63) is 42.1 Å². The molecule has 1 spiro atoms. The lowest BCUT2D eigenvalue weighted by molar-refractivity contribution is 0.0434. The van der Waals surface area contributed by atoms with Crippen molar-refractivity contribution in [2.75, 3.05) is 31.6 Å². The molecule has 1 aliphatic heterocycles. The second-order valence-electron chi connectivity index (χ2n) is 14.2. The van der Waals surface area contributed by atoms with Gasteiger partial charge in [-0.25, -0.2) is 19.2 Å². The summed E-state index contributed by atoms with van der Waals surface area (Å²) in [4.78, 5) is 37.5. The van der Waals surface area contributed by atoms with Crippen molar-refractivity contribution < 1.29 is 23.5 Å². The number of benzene rings is 1. The number of aromatic nitrogens is 2. The smallest absolute Gasteiger partial charge is 0.407 e. The number of amides is 2. The van der Waals surface area contributed by atoms with Crippen LogP contribution in [0, 0.1) is 17.2 Å². The predicted molar refractivity (Wildman–Crippen MR) is 167 cm³/mol. The van der Waals surface area contributed by atoms with E-state index in [1.54, 1.807) is 18.1 Å². The van der Waals surface area contributed by atoms with E-state index < -0.39 is 11.4 Å². The molecule has 5 rings (SSSR count). The minimum atomic E-state index is -0.497. The third-order valence-electron chi connectivity index (χ3n) is 9.12. The molecule has 2 N–H and O–H groups in total. The molecule has 0 radical (unpaired) electrons. The van der Waals surface area contributed by atoms with Crippen LogP contribution in [0.25, 0.3) is 0 Å². The second kappa shape index (κ2) is 12.9. The molecule has 2 saturated carbocycles. The third-order valence-corrected chi connectivity index (χ3v) is 9.12. The summed E-state index contributed by atoms with van der Waals surface area (Å²) in [5.41, 5.74) is -0.0450. The topological polar surface area (TPSA) is 109 Å². The quantitative estimate of drug-likeness (QED) is 0.382. The molecule has 11 heteroatoms. The van der Waals surface area contributed by atoms with Gasteiger partial charge >= 0.3 is 6.09 Å². The van der Waals surface area contributed by atoms with Gasteiger partial charge in [-0.3, -0.25) is 4.79 Å². The standard InChI is InChI=1S/C33H47FN6O4/c1-21(2)39(6)30(41)26-13-23(34)9-12-27(26)43-28-17-35-20-37-29(28)40-18-33(19-40)14-25(15-33)36-16-22-7-10-24(11-8-22)38-31(42)44-32(3,4)5/h9,12-13,17,20-22,24-25,36H,7-8,10-11,14-16,18-19H2,1-6H3,(H,38,42). The normalized spacial score (nSPS) is 21.4. The molecule has 3 aliphatic rings. The number of anilines is 1. The van der Waals surface area contributed by atoms with Gasteiger partial charge < -0.3 is 29.9 Å². The highest BCUT2D eigenvalue weighted by Gasteiger charge is 2.53. The first-order chi connectivity index (χ1) is 20.8. The van der Waals surface area contributed by atoms with Crippen LogP contribution in [0.3, 0.4) is 0 Å². The summed E-state index contributed by atoms with van der Waals surface area (Å²) in [6, 6.07) is 4.65. The number of nitrogens with zero attached hydrogens (tertiary/aromatic N) is 4. The number of hydrogen-bond donors (Lipinski definition) is 2. The Morgan fingerprint density at radius 1 is 1.11 bits per heavy atom. The van der Waals surface area contributed by atoms with Gasteiger partial charge in [0.1, 0.15) is 23.5 Å². The van der Waals surface area contributed by atoms with Gasteiger partial charge in [-0.05, 0) is 104 Å². The van der Waals surface area contributed by atoms with E-state index in [0.29, 0.717) is 23.5 Å². The van der Waals surface area contributed by atoms with Crippen molar-refractivity contribution in [1.82, 2.24) is 25.5 Å². The molecule has 1 saturated heterocycles. The minimum Gasteiger partial charge on any atom is -0.451 e. The Kier molecular flexibility index (Phi) is 9.34. The molecule has 0 bridgehead atoms. The Labute approximate surface area is 260 Å². The highest BCUT2D eigenvalue weighted by atomic mass is 19.1. The van der Waals surface area contributed by atoms with Crippen molar-refractivity contribution in [3.8, 4) is 11.5 Å². The average molecular weight is 611 g/mol. The lowest BCUT2D eigenvalue weighted by Crippen LogP contribution is -2.66. The maximum atomic E-state index is 14.1. The van der Waals surface area contributed by atoms with Crippen molar-refractivity contribution >= 4 is 17.8 Å². The molecule has 2 aliphatic carbocycles. The maximum Gasteiger partial charge on any atom is 0.407 e. The summed E-state index contributed by atoms with van der Waals surface area (Å²) in [5.74, 6) is 1.22. The van der Waals surface area contributed by atoms with Crippen LogP contribution in [-0.2, 0) is 4.74 Å². The van der Waals surface area contributed by atoms with Gasteiger partial charge in [0.25, 0.3) is 5.91 Å². The zero-order valence-electron chi connectivity index (χ0n) is 26.9. The molecule has 0 unspecified atom stereocenters. The van der Waals surface area contributed by atoms with Crippen LogP contribution in [0.2, 0.25) is 0 Å². The Balaban J connectivity index is 1.08. The van der Waals surface area contributed by atoms with E-state index >= 15 is 0 Å². The molecule has 2 aromatic rings. The van der Waals surface area contributed by atoms with E-state index in [1.165, 1.54) is 24.5 Å². The van der Waals surface area contributed by atoms with Gasteiger partial charge in [-0.15, -0.1) is 0 Å². The Bertz CT molecular complexity index is 1330. The number of ether oxygens (including phenoxy) is 2. The molecular weight excluding hydrogens is 563 g/mol. The number of halogens is 1. The first-order valence-corrected chi connectivity index (χ1v) is 15.8. The summed E-state index contributed by atoms with van der Waals surface area (Å²) < 4.78 is 25.7. The van der Waals surface area contributed by atoms with Crippen LogP contribution in [0.1, 0.15) is 83.5 Å². The van der Waals surface area contributed by atoms with Crippen LogP contribution < -0.4 is 20.3 Å². The average Bonchev–Trinajstić information content (AvgIpc) is 2.92. The van der Waals surface area contributed by atoms with E-state index in [2.05, 4.69) is 25.5 Å². The largest absolute Gasteiger partial charge is 0.451 e. The zero-order valence-corrected chi connectivity index (χ0v) is 26.9. The van der Waals surface area contributed by atoms with E-state index in [-0.39, 0.29) is 40.8 Å². The third kappa shape index (κ3) is 7.60. The Morgan fingerprint density at radius 3 is 2.48 bits per heavy atom. The van der Waals surface area contributed by atoms with Gasteiger partial charge in [-0.2, -0.15) is 0 Å². The summed E-state index contributed by atoms with van der Waals surface area (Å²) in [5, 5.41) is 6.81. The highest BCUT2D eigenvalue weighted by Crippen LogP contribution is 2.51. The first kappa shape index (κ1) is 31.9. The summed E-state index contributed by atoms with van der Waals surface area (Å²) in [6.45, 7) is 12.2. The molecule has 1 aromatic heterocycles. The molecule has 2 amide bonds. The fourth-order valence-corrected chi connectivity index (χ4v) is 6.54. The van der Waals surface area contributed by atoms with Crippen molar-refractivity contribution in [1.29, 1.82) is 0 Å². The van der Waals surface area contributed by atoms with E-state index in [9.17, 15) is 14.0 Å². The fraction of sp³-hybridized carbons (Fsp3) is 0.636. The fourth-order valence-electron chi connectivity index (χ4n) is 6.54. The molecule has 44 heavy (non-hydrogen) atoms. The van der Waals surface area contributed by atoms with Crippen molar-refractivity contribution in [3.63, 3.8) is 0 Å². The van der Waals surface area contributed by atoms with Crippen LogP contribution >= 0.6 is 0 Å². The number of hydrogen-bond acceptors (Lipinski definition) is 8. The predicted octanol–water partition coefficient (Wildman–Crippen LogP) is 5.53. The lowest BCUT2D eigenvalue weighted by atomic mass is 9.60. The monoisotopic (exact) mass is 610 g/mol. The van der Waals surface area contributed by atoms with E-state index in [0.717, 1.165) is 58.2 Å². The zero-order chi connectivity index (χ0) is 31.6. The van der Waals surface area contributed by atoms with Crippen molar-refractivity contribution in [2.24, 2.45) is 11.3 Å². The van der Waals surface area contributed by atoms with Crippen LogP contribution in [0.15, 0.2) is 30.7 Å². The number of carbonyl (C=O) groups is 2. The van der Waals surface area contributed by atoms with E-state index in [1.807, 2.05) is 34.6 Å². The lowest BCUT2D eigenvalue weighted by Gasteiger charge is -2.59. The molecule has 10 nitrogen and oxygen atoms in total. The maximum absolute atomic E-state index is 14.1. The van der Waals surface area contributed by atoms with Gasteiger partial charge in [0, 0.05) is 43.7 Å². The number of nitrogens with one attached hydrogen (secondary N) is 2. The minimum absolute atomic E-state index is 0.0459. The second-order valence-corrected chi connectivity index (χ2v) is 14.2. The van der Waals surface area contributed by atoms with E-state index in [4.69, 9.17) is 9.47 Å². The molecular formula is C33H47FN6O4. The Morgan fingerprint density at radius 2 is 1.82 bits per heavy atom. The van der Waals surface area contributed by atoms with Gasteiger partial charge in [0.15, 0.2) is 11.6 Å². The Hall–Kier alpha value is -3.47. The van der Waals surface area contributed by atoms with Gasteiger partial charge in [0.2, 0.25) is 0 Å². The number of alkyl carbamates (subject to hydrolysis) is 1. The van der Waals surface area contributed by atoms with Crippen LogP contribution in [0.4, 0.5) is 15.0 Å². The van der Waals surface area contributed by atoms with Crippen LogP contribution in [-0.4, -0.2) is 77.3 Å². The number of rotatable bonds is 9. The molecule has 3 fully saturated rings. The number of carbonyl (C=O) groups excluding carboxylic acids is 2. The first-order valence-electron chi connectivity index (χ1n) is 15.8.